The molecule has 0 aliphatic carbocycles. The molecule has 0 spiro atoms. The van der Waals surface area contributed by atoms with Gasteiger partial charge in [-0.05, 0) is 6.42 Å². The molecular formula is C13H21FN2O5. The highest BCUT2D eigenvalue weighted by atomic mass is 19.1. The van der Waals surface area contributed by atoms with E-state index in [-0.39, 0.29) is 13.0 Å². The van der Waals surface area contributed by atoms with Crippen molar-refractivity contribution in [2.45, 2.75) is 32.6 Å². The Balaban J connectivity index is 4.02. The van der Waals surface area contributed by atoms with Gasteiger partial charge in [-0.25, -0.2) is 4.79 Å². The van der Waals surface area contributed by atoms with Crippen LogP contribution in [0.1, 0.15) is 32.6 Å². The van der Waals surface area contributed by atoms with Gasteiger partial charge in [0.25, 0.3) is 5.91 Å². The molecule has 0 heterocycles. The van der Waals surface area contributed by atoms with Crippen LogP contribution in [0.4, 0.5) is 9.18 Å². The molecule has 0 aliphatic heterocycles. The molecule has 0 aromatic carbocycles. The summed E-state index contributed by atoms with van der Waals surface area (Å²) in [4.78, 5) is 33.4. The number of likely N-dealkylation sites (N-methyl/N-ethyl adjacent to an activating group) is 1. The molecule has 7 nitrogen and oxygen atoms in total. The molecule has 0 bridgehead atoms. The third-order valence-corrected chi connectivity index (χ3v) is 2.41. The van der Waals surface area contributed by atoms with Gasteiger partial charge in [-0.2, -0.15) is 4.39 Å². The highest BCUT2D eigenvalue weighted by molar-refractivity contribution is 5.90. The van der Waals surface area contributed by atoms with Crippen molar-refractivity contribution in [1.29, 1.82) is 0 Å². The quantitative estimate of drug-likeness (QED) is 0.218. The van der Waals surface area contributed by atoms with Crippen LogP contribution in [-0.2, 0) is 19.1 Å². The number of carbonyl (C=O) groups is 3. The number of rotatable bonds is 10. The number of unbranched alkanes of at least 4 members (excludes halogenated alkanes) is 3. The summed E-state index contributed by atoms with van der Waals surface area (Å²) in [5.41, 5.74) is 0. The standard InChI is InChI=1S/C13H21FN2O5/c1-3-4-5-6-7-20-13(19)21-10-16(9-17)8-11(14)12(18)15-2/h8-9H,3-7,10H2,1-2H3,(H,15,18)/b11-8+. The molecule has 0 aliphatic rings. The first-order chi connectivity index (χ1) is 10.0. The summed E-state index contributed by atoms with van der Waals surface area (Å²) in [5.74, 6) is -2.17. The van der Waals surface area contributed by atoms with E-state index in [2.05, 4.69) is 11.7 Å². The molecule has 2 amide bonds. The van der Waals surface area contributed by atoms with E-state index in [0.29, 0.717) is 11.1 Å². The maximum absolute atomic E-state index is 13.2. The van der Waals surface area contributed by atoms with Crippen LogP contribution in [-0.4, -0.2) is 43.8 Å². The number of nitrogens with one attached hydrogen (secondary N) is 1. The van der Waals surface area contributed by atoms with Crippen LogP contribution in [0, 0.1) is 0 Å². The molecule has 0 radical (unpaired) electrons. The van der Waals surface area contributed by atoms with E-state index in [0.717, 1.165) is 25.7 Å². The minimum Gasteiger partial charge on any atom is -0.434 e. The number of halogens is 1. The molecule has 120 valence electrons. The van der Waals surface area contributed by atoms with E-state index >= 15 is 0 Å². The predicted octanol–water partition coefficient (Wildman–Crippen LogP) is 1.69. The number of hydrogen-bond donors (Lipinski definition) is 1. The van der Waals surface area contributed by atoms with Gasteiger partial charge in [-0.3, -0.25) is 14.5 Å². The second-order valence-electron chi connectivity index (χ2n) is 4.11. The van der Waals surface area contributed by atoms with E-state index in [1.54, 1.807) is 0 Å². The lowest BCUT2D eigenvalue weighted by Gasteiger charge is -2.12. The van der Waals surface area contributed by atoms with Crippen LogP contribution >= 0.6 is 0 Å². The Morgan fingerprint density at radius 1 is 1.24 bits per heavy atom. The Morgan fingerprint density at radius 3 is 2.52 bits per heavy atom. The molecule has 21 heavy (non-hydrogen) atoms. The smallest absolute Gasteiger partial charge is 0.434 e. The Kier molecular flexibility index (Phi) is 10.5. The van der Waals surface area contributed by atoms with E-state index in [1.807, 2.05) is 5.32 Å². The maximum atomic E-state index is 13.2. The number of carbonyl (C=O) groups excluding carboxylic acids is 3. The number of nitrogens with zero attached hydrogens (tertiary/aromatic N) is 1. The number of ether oxygens (including phenoxy) is 2. The Hall–Kier alpha value is -2.12. The van der Waals surface area contributed by atoms with Crippen molar-refractivity contribution in [3.63, 3.8) is 0 Å². The average molecular weight is 304 g/mol. The van der Waals surface area contributed by atoms with E-state index in [9.17, 15) is 18.8 Å². The first-order valence-electron chi connectivity index (χ1n) is 6.65. The molecule has 0 aromatic rings. The van der Waals surface area contributed by atoms with Crippen molar-refractivity contribution >= 4 is 18.5 Å². The van der Waals surface area contributed by atoms with Gasteiger partial charge < -0.3 is 14.8 Å². The molecule has 1 N–H and O–H groups in total. The Morgan fingerprint density at radius 2 is 1.95 bits per heavy atom. The lowest BCUT2D eigenvalue weighted by Crippen LogP contribution is -2.25. The molecule has 0 saturated carbocycles. The van der Waals surface area contributed by atoms with Gasteiger partial charge in [0.1, 0.15) is 0 Å². The zero-order valence-corrected chi connectivity index (χ0v) is 12.3. The first-order valence-corrected chi connectivity index (χ1v) is 6.65. The summed E-state index contributed by atoms with van der Waals surface area (Å²) in [5, 5.41) is 2.05. The topological polar surface area (TPSA) is 84.9 Å². The van der Waals surface area contributed by atoms with E-state index in [4.69, 9.17) is 4.74 Å². The van der Waals surface area contributed by atoms with Gasteiger partial charge in [0.05, 0.1) is 12.8 Å². The van der Waals surface area contributed by atoms with E-state index < -0.39 is 24.6 Å². The van der Waals surface area contributed by atoms with Crippen LogP contribution in [0.5, 0.6) is 0 Å². The van der Waals surface area contributed by atoms with Crippen molar-refractivity contribution in [3.05, 3.63) is 12.0 Å². The van der Waals surface area contributed by atoms with Gasteiger partial charge in [0, 0.05) is 7.05 Å². The van der Waals surface area contributed by atoms with Gasteiger partial charge in [-0.15, -0.1) is 0 Å². The van der Waals surface area contributed by atoms with Crippen LogP contribution in [0.25, 0.3) is 0 Å². The Labute approximate surface area is 123 Å². The van der Waals surface area contributed by atoms with Crippen LogP contribution in [0.15, 0.2) is 12.0 Å². The highest BCUT2D eigenvalue weighted by Gasteiger charge is 2.11. The summed E-state index contributed by atoms with van der Waals surface area (Å²) in [6, 6.07) is 0. The van der Waals surface area contributed by atoms with Crippen LogP contribution in [0.2, 0.25) is 0 Å². The molecule has 0 saturated heterocycles. The summed E-state index contributed by atoms with van der Waals surface area (Å²) >= 11 is 0. The van der Waals surface area contributed by atoms with Crippen molar-refractivity contribution in [3.8, 4) is 0 Å². The monoisotopic (exact) mass is 304 g/mol. The fourth-order valence-electron chi connectivity index (χ4n) is 1.28. The largest absolute Gasteiger partial charge is 0.510 e. The summed E-state index contributed by atoms with van der Waals surface area (Å²) in [6.07, 6.45) is 3.70. The molecule has 0 fully saturated rings. The summed E-state index contributed by atoms with van der Waals surface area (Å²) in [7, 11) is 1.24. The molecular weight excluding hydrogens is 283 g/mol. The molecule has 8 heteroatoms. The summed E-state index contributed by atoms with van der Waals surface area (Å²) in [6.45, 7) is 1.75. The molecule has 0 rings (SSSR count). The maximum Gasteiger partial charge on any atom is 0.510 e. The second-order valence-corrected chi connectivity index (χ2v) is 4.11. The molecule has 0 unspecified atom stereocenters. The number of hydrogen-bond acceptors (Lipinski definition) is 5. The highest BCUT2D eigenvalue weighted by Crippen LogP contribution is 2.01. The zero-order valence-electron chi connectivity index (χ0n) is 12.3. The van der Waals surface area contributed by atoms with Crippen molar-refractivity contribution in [1.82, 2.24) is 10.2 Å². The van der Waals surface area contributed by atoms with Gasteiger partial charge in [-0.1, -0.05) is 26.2 Å². The van der Waals surface area contributed by atoms with E-state index in [1.165, 1.54) is 7.05 Å². The number of amides is 2. The van der Waals surface area contributed by atoms with Crippen molar-refractivity contribution in [2.75, 3.05) is 20.4 Å². The summed E-state index contributed by atoms with van der Waals surface area (Å²) < 4.78 is 22.5. The normalized spacial score (nSPS) is 10.7. The van der Waals surface area contributed by atoms with Crippen molar-refractivity contribution in [2.24, 2.45) is 0 Å². The van der Waals surface area contributed by atoms with Crippen LogP contribution in [0.3, 0.4) is 0 Å². The van der Waals surface area contributed by atoms with Gasteiger partial charge >= 0.3 is 6.16 Å². The van der Waals surface area contributed by atoms with Crippen molar-refractivity contribution < 1.29 is 28.2 Å². The minimum absolute atomic E-state index is 0.219. The fourth-order valence-corrected chi connectivity index (χ4v) is 1.28. The molecule has 0 atom stereocenters. The predicted molar refractivity (Wildman–Crippen MR) is 72.6 cm³/mol. The van der Waals surface area contributed by atoms with Gasteiger partial charge in [0.15, 0.2) is 6.73 Å². The van der Waals surface area contributed by atoms with Crippen LogP contribution < -0.4 is 5.32 Å². The van der Waals surface area contributed by atoms with Gasteiger partial charge in [0.2, 0.25) is 12.2 Å². The first kappa shape index (κ1) is 18.9. The SMILES string of the molecule is CCCCCCOC(=O)OCN(C=O)/C=C(/F)C(=O)NC. The lowest BCUT2D eigenvalue weighted by atomic mass is 10.2. The third kappa shape index (κ3) is 9.42. The third-order valence-electron chi connectivity index (χ3n) is 2.41. The average Bonchev–Trinajstić information content (AvgIpc) is 2.49. The Bertz CT molecular complexity index is 374. The zero-order chi connectivity index (χ0) is 16.1. The minimum atomic E-state index is -1.18. The molecule has 0 aromatic heterocycles. The fraction of sp³-hybridized carbons (Fsp3) is 0.615. The second kappa shape index (κ2) is 11.7. The lowest BCUT2D eigenvalue weighted by molar-refractivity contribution is -0.119.